The Morgan fingerprint density at radius 3 is 2.83 bits per heavy atom. The van der Waals surface area contributed by atoms with E-state index in [1.54, 1.807) is 6.26 Å². The van der Waals surface area contributed by atoms with Gasteiger partial charge in [0.2, 0.25) is 5.78 Å². The van der Waals surface area contributed by atoms with Gasteiger partial charge in [0, 0.05) is 16.9 Å². The first-order valence-corrected chi connectivity index (χ1v) is 9.15. The van der Waals surface area contributed by atoms with Crippen molar-refractivity contribution in [2.24, 2.45) is 23.2 Å². The fourth-order valence-corrected chi connectivity index (χ4v) is 4.47. The van der Waals surface area contributed by atoms with E-state index in [4.69, 9.17) is 9.15 Å². The van der Waals surface area contributed by atoms with E-state index in [0.29, 0.717) is 11.7 Å². The third-order valence-electron chi connectivity index (χ3n) is 6.58. The lowest BCUT2D eigenvalue weighted by molar-refractivity contribution is -0.170. The summed E-state index contributed by atoms with van der Waals surface area (Å²) >= 11 is 0. The number of rotatable bonds is 3. The number of fused-ring (bicyclic) bond motifs is 2. The number of carbonyl (C=O) groups is 2. The number of aryl methyl sites for hydroxylation is 1. The number of ether oxygens (including phenoxy) is 1. The summed E-state index contributed by atoms with van der Waals surface area (Å²) < 4.78 is 11.6. The van der Waals surface area contributed by atoms with Gasteiger partial charge in [0.25, 0.3) is 0 Å². The molecule has 2 aliphatic rings. The number of ketones is 1. The molecule has 4 nitrogen and oxygen atoms in total. The molecule has 132 valence electrons. The normalized spacial score (nSPS) is 33.5. The highest BCUT2D eigenvalue weighted by molar-refractivity contribution is 5.99. The fourth-order valence-electron chi connectivity index (χ4n) is 4.47. The van der Waals surface area contributed by atoms with Crippen LogP contribution in [0.5, 0.6) is 0 Å². The molecule has 0 aliphatic heterocycles. The molecule has 0 aromatic carbocycles. The van der Waals surface area contributed by atoms with Crippen LogP contribution in [0.2, 0.25) is 0 Å². The van der Waals surface area contributed by atoms with E-state index in [1.807, 2.05) is 20.8 Å². The number of furan rings is 1. The van der Waals surface area contributed by atoms with Crippen LogP contribution in [0.4, 0.5) is 0 Å². The monoisotopic (exact) mass is 332 g/mol. The smallest absolute Gasteiger partial charge is 0.309 e. The van der Waals surface area contributed by atoms with Crippen molar-refractivity contribution in [3.05, 3.63) is 23.2 Å². The molecular formula is C20H28O4. The summed E-state index contributed by atoms with van der Waals surface area (Å²) in [6, 6.07) is 0. The van der Waals surface area contributed by atoms with E-state index in [2.05, 4.69) is 13.8 Å². The van der Waals surface area contributed by atoms with Gasteiger partial charge in [0.05, 0.1) is 12.2 Å². The van der Waals surface area contributed by atoms with Gasteiger partial charge in [-0.1, -0.05) is 34.1 Å². The van der Waals surface area contributed by atoms with E-state index in [9.17, 15) is 9.59 Å². The molecule has 1 aromatic rings. The van der Waals surface area contributed by atoms with Gasteiger partial charge in [-0.2, -0.15) is 0 Å². The molecule has 2 aliphatic carbocycles. The molecule has 1 fully saturated rings. The Bertz CT molecular complexity index is 659. The Labute approximate surface area is 143 Å². The summed E-state index contributed by atoms with van der Waals surface area (Å²) in [6.07, 6.45) is 4.91. The van der Waals surface area contributed by atoms with Crippen LogP contribution in [0.15, 0.2) is 10.7 Å². The predicted octanol–water partition coefficient (Wildman–Crippen LogP) is 4.86. The van der Waals surface area contributed by atoms with Crippen molar-refractivity contribution in [3.8, 4) is 0 Å². The van der Waals surface area contributed by atoms with E-state index in [1.165, 1.54) is 0 Å². The van der Waals surface area contributed by atoms with Crippen molar-refractivity contribution in [1.29, 1.82) is 0 Å². The minimum Gasteiger partial charge on any atom is -0.461 e. The maximum Gasteiger partial charge on any atom is 0.309 e. The summed E-state index contributed by atoms with van der Waals surface area (Å²) in [5.74, 6) is 0.362. The van der Waals surface area contributed by atoms with Crippen LogP contribution in [-0.4, -0.2) is 11.8 Å². The Balaban J connectivity index is 2.10. The molecular weight excluding hydrogens is 304 g/mol. The number of carbonyl (C=O) groups excluding carboxylic acids is 2. The van der Waals surface area contributed by atoms with E-state index in [0.717, 1.165) is 36.8 Å². The maximum absolute atomic E-state index is 13.0. The van der Waals surface area contributed by atoms with Gasteiger partial charge in [0.15, 0.2) is 5.76 Å². The lowest BCUT2D eigenvalue weighted by atomic mass is 9.54. The molecule has 0 radical (unpaired) electrons. The zero-order valence-electron chi connectivity index (χ0n) is 15.3. The van der Waals surface area contributed by atoms with Crippen LogP contribution in [-0.2, 0) is 9.53 Å². The largest absolute Gasteiger partial charge is 0.461 e. The van der Waals surface area contributed by atoms with Crippen LogP contribution in [0, 0.1) is 30.1 Å². The quantitative estimate of drug-likeness (QED) is 0.742. The Hall–Kier alpha value is -1.58. The van der Waals surface area contributed by atoms with Crippen molar-refractivity contribution < 1.29 is 18.7 Å². The number of Topliss-reactive ketones (excluding diaryl/α,β-unsaturated/α-hetero) is 1. The maximum atomic E-state index is 13.0. The Morgan fingerprint density at radius 2 is 2.17 bits per heavy atom. The first kappa shape index (κ1) is 17.2. The molecule has 0 spiro atoms. The second kappa shape index (κ2) is 6.05. The molecule has 4 heteroatoms. The lowest BCUT2D eigenvalue weighted by Crippen LogP contribution is -2.50. The molecule has 0 unspecified atom stereocenters. The first-order valence-electron chi connectivity index (χ1n) is 9.15. The second-order valence-electron chi connectivity index (χ2n) is 7.90. The van der Waals surface area contributed by atoms with Crippen molar-refractivity contribution in [1.82, 2.24) is 0 Å². The molecule has 1 aromatic heterocycles. The van der Waals surface area contributed by atoms with Gasteiger partial charge in [-0.05, 0) is 37.7 Å². The van der Waals surface area contributed by atoms with Crippen LogP contribution < -0.4 is 0 Å². The van der Waals surface area contributed by atoms with Gasteiger partial charge in [-0.25, -0.2) is 0 Å². The van der Waals surface area contributed by atoms with Crippen LogP contribution >= 0.6 is 0 Å². The van der Waals surface area contributed by atoms with Crippen LogP contribution in [0.3, 0.4) is 0 Å². The second-order valence-corrected chi connectivity index (χ2v) is 7.90. The highest BCUT2D eigenvalue weighted by Crippen LogP contribution is 2.59. The summed E-state index contributed by atoms with van der Waals surface area (Å²) in [5.41, 5.74) is 1.34. The standard InChI is InChI=1S/C20H28O4/c1-6-11(2)19(22)24-18-15-12(3)10-23-17(15)16(21)14-9-7-8-13(4)20(14,18)5/h10-11,13-14,18H,6-9H2,1-5H3/t11-,13+,14+,18-,20-/m1/s1. The summed E-state index contributed by atoms with van der Waals surface area (Å²) in [6.45, 7) is 10.1. The minimum absolute atomic E-state index is 0.0861. The molecule has 0 N–H and O–H groups in total. The Kier molecular flexibility index (Phi) is 4.35. The molecule has 1 heterocycles. The van der Waals surface area contributed by atoms with Gasteiger partial charge in [0.1, 0.15) is 6.10 Å². The van der Waals surface area contributed by atoms with Gasteiger partial charge in [-0.15, -0.1) is 0 Å². The topological polar surface area (TPSA) is 56.5 Å². The minimum atomic E-state index is -0.397. The number of hydrogen-bond donors (Lipinski definition) is 0. The highest BCUT2D eigenvalue weighted by atomic mass is 16.5. The summed E-state index contributed by atoms with van der Waals surface area (Å²) in [5, 5.41) is 0. The zero-order chi connectivity index (χ0) is 17.6. The lowest BCUT2D eigenvalue weighted by Gasteiger charge is -2.51. The summed E-state index contributed by atoms with van der Waals surface area (Å²) in [7, 11) is 0. The molecule has 5 atom stereocenters. The predicted molar refractivity (Wildman–Crippen MR) is 90.7 cm³/mol. The van der Waals surface area contributed by atoms with E-state index < -0.39 is 6.10 Å². The zero-order valence-corrected chi connectivity index (χ0v) is 15.3. The molecule has 0 saturated heterocycles. The molecule has 0 bridgehead atoms. The number of esters is 1. The molecule has 24 heavy (non-hydrogen) atoms. The van der Waals surface area contributed by atoms with Gasteiger partial charge >= 0.3 is 5.97 Å². The SMILES string of the molecule is CC[C@@H](C)C(=O)O[C@@H]1c2c(C)coc2C(=O)[C@@H]2CCC[C@H](C)[C@@]12C. The highest BCUT2D eigenvalue weighted by Gasteiger charge is 2.58. The van der Waals surface area contributed by atoms with Crippen molar-refractivity contribution in [2.45, 2.75) is 66.4 Å². The first-order chi connectivity index (χ1) is 11.3. The van der Waals surface area contributed by atoms with Crippen molar-refractivity contribution in [2.75, 3.05) is 0 Å². The average Bonchev–Trinajstić information content (AvgIpc) is 2.94. The van der Waals surface area contributed by atoms with E-state index in [-0.39, 0.29) is 29.0 Å². The number of hydrogen-bond acceptors (Lipinski definition) is 4. The molecule has 1 saturated carbocycles. The van der Waals surface area contributed by atoms with Crippen molar-refractivity contribution >= 4 is 11.8 Å². The van der Waals surface area contributed by atoms with Crippen molar-refractivity contribution in [3.63, 3.8) is 0 Å². The summed E-state index contributed by atoms with van der Waals surface area (Å²) in [4.78, 5) is 25.6. The average molecular weight is 332 g/mol. The fraction of sp³-hybridized carbons (Fsp3) is 0.700. The van der Waals surface area contributed by atoms with Gasteiger partial charge < -0.3 is 9.15 Å². The Morgan fingerprint density at radius 1 is 1.46 bits per heavy atom. The third-order valence-corrected chi connectivity index (χ3v) is 6.58. The van der Waals surface area contributed by atoms with E-state index >= 15 is 0 Å². The third kappa shape index (κ3) is 2.34. The van der Waals surface area contributed by atoms with Crippen LogP contribution in [0.25, 0.3) is 0 Å². The van der Waals surface area contributed by atoms with Crippen LogP contribution in [0.1, 0.15) is 81.2 Å². The molecule has 0 amide bonds. The molecule has 3 rings (SSSR count). The van der Waals surface area contributed by atoms with Gasteiger partial charge in [-0.3, -0.25) is 9.59 Å².